The van der Waals surface area contributed by atoms with Crippen LogP contribution in [0.1, 0.15) is 32.1 Å². The summed E-state index contributed by atoms with van der Waals surface area (Å²) in [6.07, 6.45) is 5.75. The van der Waals surface area contributed by atoms with Crippen LogP contribution in [-0.2, 0) is 9.53 Å². The van der Waals surface area contributed by atoms with Gasteiger partial charge in [-0.25, -0.2) is 0 Å². The molecule has 0 N–H and O–H groups in total. The lowest BCUT2D eigenvalue weighted by molar-refractivity contribution is -0.142. The van der Waals surface area contributed by atoms with Crippen LogP contribution in [0.5, 0.6) is 0 Å². The van der Waals surface area contributed by atoms with Gasteiger partial charge in [0, 0.05) is 12.5 Å². The molecule has 1 heterocycles. The molecule has 0 amide bonds. The number of carbonyl (C=O) groups excluding carboxylic acids is 1. The van der Waals surface area contributed by atoms with Gasteiger partial charge in [0.1, 0.15) is 0 Å². The summed E-state index contributed by atoms with van der Waals surface area (Å²) in [5.41, 5.74) is 0. The molecule has 80 valence electrons. The van der Waals surface area contributed by atoms with Gasteiger partial charge in [0.05, 0.1) is 7.11 Å². The van der Waals surface area contributed by atoms with Gasteiger partial charge in [-0.3, -0.25) is 4.79 Å². The van der Waals surface area contributed by atoms with Crippen molar-refractivity contribution in [1.29, 1.82) is 0 Å². The van der Waals surface area contributed by atoms with E-state index < -0.39 is 0 Å². The van der Waals surface area contributed by atoms with Crippen molar-refractivity contribution in [2.75, 3.05) is 20.2 Å². The first-order valence-electron chi connectivity index (χ1n) is 5.60. The number of ether oxygens (including phenoxy) is 1. The summed E-state index contributed by atoms with van der Waals surface area (Å²) in [6, 6.07) is 0.883. The van der Waals surface area contributed by atoms with E-state index >= 15 is 0 Å². The van der Waals surface area contributed by atoms with E-state index in [4.69, 9.17) is 0 Å². The summed E-state index contributed by atoms with van der Waals surface area (Å²) in [5.74, 6) is 0.521. The fourth-order valence-electron chi connectivity index (χ4n) is 2.28. The number of esters is 1. The van der Waals surface area contributed by atoms with Crippen LogP contribution in [-0.4, -0.2) is 37.1 Å². The monoisotopic (exact) mass is 197 g/mol. The second-order valence-corrected chi connectivity index (χ2v) is 4.49. The molecule has 14 heavy (non-hydrogen) atoms. The minimum absolute atomic E-state index is 0.0464. The van der Waals surface area contributed by atoms with Crippen molar-refractivity contribution in [2.45, 2.75) is 38.1 Å². The summed E-state index contributed by atoms with van der Waals surface area (Å²) in [4.78, 5) is 13.6. The molecule has 0 radical (unpaired) electrons. The third-order valence-electron chi connectivity index (χ3n) is 3.40. The van der Waals surface area contributed by atoms with E-state index in [1.807, 2.05) is 0 Å². The maximum Gasteiger partial charge on any atom is 0.305 e. The standard InChI is InChI=1S/C11H19NO2/c1-14-11(13)8-9-4-6-12(7-5-9)10-2-3-10/h9-10H,2-8H2,1H3. The van der Waals surface area contributed by atoms with Gasteiger partial charge in [0.15, 0.2) is 0 Å². The van der Waals surface area contributed by atoms with Crippen molar-refractivity contribution in [2.24, 2.45) is 5.92 Å². The van der Waals surface area contributed by atoms with Crippen LogP contribution in [0.4, 0.5) is 0 Å². The van der Waals surface area contributed by atoms with E-state index in [2.05, 4.69) is 9.64 Å². The Hall–Kier alpha value is -0.570. The average molecular weight is 197 g/mol. The Morgan fingerprint density at radius 3 is 2.43 bits per heavy atom. The summed E-state index contributed by atoms with van der Waals surface area (Å²) in [7, 11) is 1.47. The maximum atomic E-state index is 11.1. The topological polar surface area (TPSA) is 29.5 Å². The van der Waals surface area contributed by atoms with E-state index in [-0.39, 0.29) is 5.97 Å². The molecule has 3 nitrogen and oxygen atoms in total. The predicted molar refractivity (Wildman–Crippen MR) is 54.0 cm³/mol. The molecule has 2 aliphatic rings. The van der Waals surface area contributed by atoms with Crippen molar-refractivity contribution in [3.63, 3.8) is 0 Å². The fourth-order valence-corrected chi connectivity index (χ4v) is 2.28. The van der Waals surface area contributed by atoms with Gasteiger partial charge in [0.2, 0.25) is 0 Å². The van der Waals surface area contributed by atoms with Crippen molar-refractivity contribution in [3.05, 3.63) is 0 Å². The number of hydrogen-bond acceptors (Lipinski definition) is 3. The minimum atomic E-state index is -0.0464. The largest absolute Gasteiger partial charge is 0.469 e. The fraction of sp³-hybridized carbons (Fsp3) is 0.909. The third kappa shape index (κ3) is 2.47. The van der Waals surface area contributed by atoms with Crippen LogP contribution in [0.2, 0.25) is 0 Å². The lowest BCUT2D eigenvalue weighted by atomic mass is 9.93. The molecule has 0 atom stereocenters. The molecular weight excluding hydrogens is 178 g/mol. The van der Waals surface area contributed by atoms with Crippen molar-refractivity contribution in [1.82, 2.24) is 4.90 Å². The highest BCUT2D eigenvalue weighted by Crippen LogP contribution is 2.31. The lowest BCUT2D eigenvalue weighted by Crippen LogP contribution is -2.35. The molecule has 0 aromatic rings. The van der Waals surface area contributed by atoms with Crippen LogP contribution in [0.25, 0.3) is 0 Å². The Bertz CT molecular complexity index is 205. The Morgan fingerprint density at radius 1 is 1.29 bits per heavy atom. The van der Waals surface area contributed by atoms with E-state index in [1.54, 1.807) is 0 Å². The number of likely N-dealkylation sites (tertiary alicyclic amines) is 1. The lowest BCUT2D eigenvalue weighted by Gasteiger charge is -2.31. The molecular formula is C11H19NO2. The number of carbonyl (C=O) groups is 1. The summed E-state index contributed by atoms with van der Waals surface area (Å²) >= 11 is 0. The van der Waals surface area contributed by atoms with E-state index in [9.17, 15) is 4.79 Å². The molecule has 1 aliphatic carbocycles. The minimum Gasteiger partial charge on any atom is -0.469 e. The zero-order valence-corrected chi connectivity index (χ0v) is 8.87. The normalized spacial score (nSPS) is 24.9. The van der Waals surface area contributed by atoms with Gasteiger partial charge < -0.3 is 9.64 Å². The number of nitrogens with zero attached hydrogens (tertiary/aromatic N) is 1. The highest BCUT2D eigenvalue weighted by molar-refractivity contribution is 5.69. The van der Waals surface area contributed by atoms with Crippen LogP contribution >= 0.6 is 0 Å². The summed E-state index contributed by atoms with van der Waals surface area (Å²) in [6.45, 7) is 2.37. The number of methoxy groups -OCH3 is 1. The molecule has 3 heteroatoms. The molecule has 0 aromatic heterocycles. The SMILES string of the molecule is COC(=O)CC1CCN(C2CC2)CC1. The Kier molecular flexibility index (Phi) is 3.06. The number of hydrogen-bond donors (Lipinski definition) is 0. The summed E-state index contributed by atoms with van der Waals surface area (Å²) < 4.78 is 4.69. The quantitative estimate of drug-likeness (QED) is 0.641. The van der Waals surface area contributed by atoms with Crippen LogP contribution in [0, 0.1) is 5.92 Å². The molecule has 1 aliphatic heterocycles. The van der Waals surface area contributed by atoms with Crippen LogP contribution in [0.15, 0.2) is 0 Å². The molecule has 1 saturated carbocycles. The molecule has 2 fully saturated rings. The van der Waals surface area contributed by atoms with Gasteiger partial charge in [0.25, 0.3) is 0 Å². The van der Waals surface area contributed by atoms with Crippen molar-refractivity contribution < 1.29 is 9.53 Å². The molecule has 0 unspecified atom stereocenters. The average Bonchev–Trinajstić information content (AvgIpc) is 3.02. The highest BCUT2D eigenvalue weighted by atomic mass is 16.5. The summed E-state index contributed by atoms with van der Waals surface area (Å²) in [5, 5.41) is 0. The van der Waals surface area contributed by atoms with Crippen molar-refractivity contribution >= 4 is 5.97 Å². The second-order valence-electron chi connectivity index (χ2n) is 4.49. The number of rotatable bonds is 3. The molecule has 0 bridgehead atoms. The van der Waals surface area contributed by atoms with Crippen LogP contribution in [0.3, 0.4) is 0 Å². The Labute approximate surface area is 85.4 Å². The highest BCUT2D eigenvalue weighted by Gasteiger charge is 2.32. The Morgan fingerprint density at radius 2 is 1.93 bits per heavy atom. The molecule has 0 spiro atoms. The van der Waals surface area contributed by atoms with Gasteiger partial charge in [-0.1, -0.05) is 0 Å². The smallest absolute Gasteiger partial charge is 0.305 e. The first-order valence-corrected chi connectivity index (χ1v) is 5.60. The van der Waals surface area contributed by atoms with Gasteiger partial charge >= 0.3 is 5.97 Å². The maximum absolute atomic E-state index is 11.1. The van der Waals surface area contributed by atoms with E-state index in [1.165, 1.54) is 45.9 Å². The van der Waals surface area contributed by atoms with Gasteiger partial charge in [-0.2, -0.15) is 0 Å². The third-order valence-corrected chi connectivity index (χ3v) is 3.40. The van der Waals surface area contributed by atoms with E-state index in [0.717, 1.165) is 6.04 Å². The Balaban J connectivity index is 1.69. The van der Waals surface area contributed by atoms with Gasteiger partial charge in [-0.05, 0) is 44.7 Å². The molecule has 1 saturated heterocycles. The zero-order chi connectivity index (χ0) is 9.97. The van der Waals surface area contributed by atoms with Gasteiger partial charge in [-0.15, -0.1) is 0 Å². The van der Waals surface area contributed by atoms with Crippen molar-refractivity contribution in [3.8, 4) is 0 Å². The first-order chi connectivity index (χ1) is 6.79. The van der Waals surface area contributed by atoms with E-state index in [0.29, 0.717) is 12.3 Å². The second kappa shape index (κ2) is 4.30. The first kappa shape index (κ1) is 9.97. The zero-order valence-electron chi connectivity index (χ0n) is 8.87. The number of piperidine rings is 1. The molecule has 2 rings (SSSR count). The molecule has 0 aromatic carbocycles. The predicted octanol–water partition coefficient (Wildman–Crippen LogP) is 1.42. The van der Waals surface area contributed by atoms with Crippen LogP contribution < -0.4 is 0 Å².